The molecule has 0 radical (unpaired) electrons. The van der Waals surface area contributed by atoms with Crippen LogP contribution in [0.5, 0.6) is 5.75 Å². The molecule has 2 heterocycles. The third kappa shape index (κ3) is 2.32. The van der Waals surface area contributed by atoms with E-state index < -0.39 is 6.10 Å². The number of nitrogens with zero attached hydrogens (tertiary/aromatic N) is 2. The summed E-state index contributed by atoms with van der Waals surface area (Å²) >= 11 is 0. The number of aliphatic hydroxyl groups excluding tert-OH is 1. The zero-order chi connectivity index (χ0) is 11.7. The third-order valence-electron chi connectivity index (χ3n) is 2.87. The fourth-order valence-electron chi connectivity index (χ4n) is 1.95. The Bertz CT molecular complexity index is 373. The highest BCUT2D eigenvalue weighted by Crippen LogP contribution is 2.19. The van der Waals surface area contributed by atoms with E-state index in [4.69, 9.17) is 5.73 Å². The average molecular weight is 223 g/mol. The first-order valence-corrected chi connectivity index (χ1v) is 5.38. The molecule has 1 aromatic heterocycles. The van der Waals surface area contributed by atoms with Crippen molar-refractivity contribution < 1.29 is 10.2 Å². The summed E-state index contributed by atoms with van der Waals surface area (Å²) in [5.41, 5.74) is 7.23. The minimum Gasteiger partial charge on any atom is -0.506 e. The van der Waals surface area contributed by atoms with Gasteiger partial charge in [-0.2, -0.15) is 0 Å². The van der Waals surface area contributed by atoms with Crippen LogP contribution >= 0.6 is 0 Å². The number of nitrogens with two attached hydrogens (primary N) is 1. The van der Waals surface area contributed by atoms with Gasteiger partial charge in [0.2, 0.25) is 0 Å². The van der Waals surface area contributed by atoms with Crippen molar-refractivity contribution in [3.05, 3.63) is 23.5 Å². The van der Waals surface area contributed by atoms with Crippen LogP contribution < -0.4 is 5.73 Å². The Kier molecular flexibility index (Phi) is 3.09. The van der Waals surface area contributed by atoms with Crippen molar-refractivity contribution in [2.24, 2.45) is 5.73 Å². The number of aromatic nitrogens is 1. The van der Waals surface area contributed by atoms with Crippen LogP contribution in [0.3, 0.4) is 0 Å². The Labute approximate surface area is 94.5 Å². The monoisotopic (exact) mass is 223 g/mol. The number of likely N-dealkylation sites (tertiary alicyclic amines) is 1. The summed E-state index contributed by atoms with van der Waals surface area (Å²) in [5.74, 6) is 0.195. The molecule has 0 aliphatic carbocycles. The number of β-amino-alcohol motifs (C(OH)–C–C–N with tert-alkyl or cyclic N) is 1. The fraction of sp³-hybridized carbons (Fsp3) is 0.545. The number of hydrogen-bond acceptors (Lipinski definition) is 5. The zero-order valence-corrected chi connectivity index (χ0v) is 9.30. The van der Waals surface area contributed by atoms with Gasteiger partial charge in [0.1, 0.15) is 5.75 Å². The van der Waals surface area contributed by atoms with Gasteiger partial charge in [-0.1, -0.05) is 0 Å². The van der Waals surface area contributed by atoms with Crippen molar-refractivity contribution in [3.63, 3.8) is 0 Å². The maximum atomic E-state index is 9.64. The highest BCUT2D eigenvalue weighted by atomic mass is 16.3. The van der Waals surface area contributed by atoms with E-state index in [1.165, 1.54) is 0 Å². The summed E-state index contributed by atoms with van der Waals surface area (Å²) in [6, 6.07) is 3.21. The van der Waals surface area contributed by atoms with Gasteiger partial charge in [0.25, 0.3) is 0 Å². The molecule has 0 aromatic carbocycles. The van der Waals surface area contributed by atoms with Crippen LogP contribution in [0.2, 0.25) is 0 Å². The van der Waals surface area contributed by atoms with Crippen LogP contribution in [-0.2, 0) is 6.54 Å². The van der Waals surface area contributed by atoms with E-state index in [9.17, 15) is 10.2 Å². The van der Waals surface area contributed by atoms with Gasteiger partial charge in [-0.05, 0) is 19.1 Å². The molecule has 0 spiro atoms. The van der Waals surface area contributed by atoms with Gasteiger partial charge >= 0.3 is 0 Å². The van der Waals surface area contributed by atoms with Crippen LogP contribution in [0.4, 0.5) is 0 Å². The lowest BCUT2D eigenvalue weighted by molar-refractivity contribution is 0.163. The Morgan fingerprint density at radius 3 is 2.88 bits per heavy atom. The maximum absolute atomic E-state index is 9.64. The van der Waals surface area contributed by atoms with Gasteiger partial charge in [0.05, 0.1) is 11.8 Å². The highest BCUT2D eigenvalue weighted by molar-refractivity contribution is 5.27. The van der Waals surface area contributed by atoms with Crippen LogP contribution in [0.15, 0.2) is 12.1 Å². The first-order chi connectivity index (χ1) is 7.56. The van der Waals surface area contributed by atoms with Gasteiger partial charge in [0, 0.05) is 31.4 Å². The summed E-state index contributed by atoms with van der Waals surface area (Å²) in [5, 5.41) is 19.2. The maximum Gasteiger partial charge on any atom is 0.138 e. The van der Waals surface area contributed by atoms with Crippen molar-refractivity contribution in [2.45, 2.75) is 25.6 Å². The molecule has 4 N–H and O–H groups in total. The second kappa shape index (κ2) is 4.37. The third-order valence-corrected chi connectivity index (χ3v) is 2.87. The Hall–Kier alpha value is -1.17. The predicted molar refractivity (Wildman–Crippen MR) is 59.9 cm³/mol. The summed E-state index contributed by atoms with van der Waals surface area (Å²) < 4.78 is 0. The van der Waals surface area contributed by atoms with E-state index in [-0.39, 0.29) is 11.8 Å². The normalized spacial score (nSPS) is 26.2. The zero-order valence-electron chi connectivity index (χ0n) is 9.30. The first-order valence-electron chi connectivity index (χ1n) is 5.38. The molecule has 88 valence electrons. The Morgan fingerprint density at radius 1 is 1.50 bits per heavy atom. The summed E-state index contributed by atoms with van der Waals surface area (Å²) in [6.45, 7) is 3.58. The molecule has 1 fully saturated rings. The second-order valence-electron chi connectivity index (χ2n) is 4.34. The molecule has 2 rings (SSSR count). The molecule has 5 heteroatoms. The molecular weight excluding hydrogens is 206 g/mol. The second-order valence-corrected chi connectivity index (χ2v) is 4.34. The molecular formula is C11H17N3O2. The van der Waals surface area contributed by atoms with Gasteiger partial charge < -0.3 is 15.9 Å². The van der Waals surface area contributed by atoms with E-state index in [1.807, 2.05) is 11.8 Å². The lowest BCUT2D eigenvalue weighted by Crippen LogP contribution is -2.32. The Morgan fingerprint density at radius 2 is 2.25 bits per heavy atom. The Balaban J connectivity index is 2.07. The van der Waals surface area contributed by atoms with Gasteiger partial charge in [-0.25, -0.2) is 0 Å². The summed E-state index contributed by atoms with van der Waals surface area (Å²) in [7, 11) is 0. The molecule has 1 aliphatic rings. The van der Waals surface area contributed by atoms with Crippen LogP contribution in [0, 0.1) is 6.92 Å². The molecule has 5 nitrogen and oxygen atoms in total. The number of rotatable bonds is 2. The highest BCUT2D eigenvalue weighted by Gasteiger charge is 2.28. The van der Waals surface area contributed by atoms with E-state index >= 15 is 0 Å². The summed E-state index contributed by atoms with van der Waals surface area (Å²) in [4.78, 5) is 6.27. The number of aromatic hydroxyl groups is 1. The van der Waals surface area contributed by atoms with E-state index in [0.29, 0.717) is 25.3 Å². The van der Waals surface area contributed by atoms with E-state index in [0.717, 1.165) is 5.69 Å². The number of pyridine rings is 1. The molecule has 1 saturated heterocycles. The quantitative estimate of drug-likeness (QED) is 0.635. The molecule has 1 aromatic rings. The number of aryl methyl sites for hydroxylation is 1. The van der Waals surface area contributed by atoms with Crippen LogP contribution in [0.25, 0.3) is 0 Å². The molecule has 0 unspecified atom stereocenters. The van der Waals surface area contributed by atoms with Crippen LogP contribution in [-0.4, -0.2) is 45.3 Å². The average Bonchev–Trinajstić information content (AvgIpc) is 2.52. The lowest BCUT2D eigenvalue weighted by atomic mass is 10.2. The van der Waals surface area contributed by atoms with Crippen molar-refractivity contribution in [3.8, 4) is 5.75 Å². The first kappa shape index (κ1) is 11.3. The minimum atomic E-state index is -0.480. The number of aliphatic hydroxyl groups is 1. The molecule has 0 bridgehead atoms. The van der Waals surface area contributed by atoms with Crippen LogP contribution in [0.1, 0.15) is 11.4 Å². The molecule has 0 amide bonds. The molecule has 1 aliphatic heterocycles. The predicted octanol–water partition coefficient (Wildman–Crippen LogP) is -0.401. The molecule has 2 atom stereocenters. The van der Waals surface area contributed by atoms with Crippen molar-refractivity contribution in [1.29, 1.82) is 0 Å². The minimum absolute atomic E-state index is 0.195. The lowest BCUT2D eigenvalue weighted by Gasteiger charge is -2.15. The van der Waals surface area contributed by atoms with E-state index in [2.05, 4.69) is 4.98 Å². The van der Waals surface area contributed by atoms with Crippen molar-refractivity contribution in [2.75, 3.05) is 13.1 Å². The topological polar surface area (TPSA) is 82.6 Å². The largest absolute Gasteiger partial charge is 0.506 e. The molecule has 0 saturated carbocycles. The van der Waals surface area contributed by atoms with Gasteiger partial charge in [0.15, 0.2) is 0 Å². The van der Waals surface area contributed by atoms with Crippen molar-refractivity contribution >= 4 is 0 Å². The smallest absolute Gasteiger partial charge is 0.138 e. The van der Waals surface area contributed by atoms with Gasteiger partial charge in [-0.15, -0.1) is 0 Å². The fourth-order valence-corrected chi connectivity index (χ4v) is 1.95. The number of hydrogen-bond donors (Lipinski definition) is 3. The molecule has 16 heavy (non-hydrogen) atoms. The standard InChI is InChI=1S/C11H17N3O2/c1-7-2-3-10(15)9(13-7)5-14-4-8(12)11(16)6-14/h2-3,8,11,15-16H,4-6,12H2,1H3/t8-,11-/m1/s1. The SMILES string of the molecule is Cc1ccc(O)c(CN2C[C@@H](N)[C@H](O)C2)n1. The van der Waals surface area contributed by atoms with E-state index in [1.54, 1.807) is 12.1 Å². The summed E-state index contributed by atoms with van der Waals surface area (Å²) in [6.07, 6.45) is -0.480. The van der Waals surface area contributed by atoms with Crippen molar-refractivity contribution in [1.82, 2.24) is 9.88 Å². The van der Waals surface area contributed by atoms with Gasteiger partial charge in [-0.3, -0.25) is 9.88 Å².